The first-order valence-electron chi connectivity index (χ1n) is 10.1. The number of thiazole rings is 1. The highest BCUT2D eigenvalue weighted by Gasteiger charge is 2.24. The van der Waals surface area contributed by atoms with Gasteiger partial charge < -0.3 is 15.8 Å². The standard InChI is InChI=1S/C21H26N6O3S2/c1-12(2)10-30-18(29)16-13(3)23-20(32-16)24-17(28)14(4)27-19(22)25-26-21(27)31-11-15-8-6-5-7-9-15/h5-9,12,14H,10-11H2,1-4H3,(H2,22,25)(H,23,24,28). The zero-order valence-corrected chi connectivity index (χ0v) is 20.0. The topological polar surface area (TPSA) is 125 Å². The van der Waals surface area contributed by atoms with Gasteiger partial charge in [-0.2, -0.15) is 0 Å². The number of thioether (sulfide) groups is 1. The lowest BCUT2D eigenvalue weighted by atomic mass is 10.2. The summed E-state index contributed by atoms with van der Waals surface area (Å²) in [6.07, 6.45) is 0. The molecule has 2 heterocycles. The van der Waals surface area contributed by atoms with Crippen molar-refractivity contribution in [2.24, 2.45) is 5.92 Å². The molecule has 11 heteroatoms. The maximum atomic E-state index is 12.9. The molecule has 0 bridgehead atoms. The van der Waals surface area contributed by atoms with Gasteiger partial charge in [-0.15, -0.1) is 10.2 Å². The molecule has 9 nitrogen and oxygen atoms in total. The summed E-state index contributed by atoms with van der Waals surface area (Å²) < 4.78 is 6.85. The number of ether oxygens (including phenoxy) is 1. The number of nitrogens with two attached hydrogens (primary N) is 1. The van der Waals surface area contributed by atoms with Crippen LogP contribution in [0.5, 0.6) is 0 Å². The molecular formula is C21H26N6O3S2. The second kappa shape index (κ2) is 10.6. The number of aromatic nitrogens is 4. The third-order valence-corrected chi connectivity index (χ3v) is 6.50. The van der Waals surface area contributed by atoms with E-state index in [4.69, 9.17) is 10.5 Å². The number of nitrogen functional groups attached to an aromatic ring is 1. The largest absolute Gasteiger partial charge is 0.461 e. The van der Waals surface area contributed by atoms with Gasteiger partial charge in [-0.25, -0.2) is 9.78 Å². The number of nitrogens with one attached hydrogen (secondary N) is 1. The summed E-state index contributed by atoms with van der Waals surface area (Å²) in [7, 11) is 0. The molecule has 0 radical (unpaired) electrons. The molecule has 3 aromatic rings. The molecule has 1 aromatic carbocycles. The first-order valence-corrected chi connectivity index (χ1v) is 11.9. The number of hydrogen-bond donors (Lipinski definition) is 2. The Balaban J connectivity index is 1.68. The maximum Gasteiger partial charge on any atom is 0.350 e. The number of hydrogen-bond acceptors (Lipinski definition) is 9. The number of nitrogens with zero attached hydrogens (tertiary/aromatic N) is 4. The molecule has 0 aliphatic heterocycles. The fraction of sp³-hybridized carbons (Fsp3) is 0.381. The Bertz CT molecular complexity index is 1080. The van der Waals surface area contributed by atoms with Crippen molar-refractivity contribution in [1.82, 2.24) is 19.7 Å². The van der Waals surface area contributed by atoms with Crippen LogP contribution in [0.2, 0.25) is 0 Å². The van der Waals surface area contributed by atoms with Crippen molar-refractivity contribution in [1.29, 1.82) is 0 Å². The van der Waals surface area contributed by atoms with Gasteiger partial charge in [0, 0.05) is 5.75 Å². The smallest absolute Gasteiger partial charge is 0.350 e. The number of carbonyl (C=O) groups is 2. The van der Waals surface area contributed by atoms with Crippen LogP contribution in [0.1, 0.15) is 47.7 Å². The molecule has 0 spiro atoms. The molecule has 0 saturated carbocycles. The van der Waals surface area contributed by atoms with Crippen LogP contribution >= 0.6 is 23.1 Å². The van der Waals surface area contributed by atoms with E-state index < -0.39 is 12.0 Å². The van der Waals surface area contributed by atoms with Crippen molar-refractivity contribution in [3.63, 3.8) is 0 Å². The van der Waals surface area contributed by atoms with Crippen LogP contribution in [-0.2, 0) is 15.3 Å². The molecule has 2 aromatic heterocycles. The number of rotatable bonds is 9. The Hall–Kier alpha value is -2.92. The van der Waals surface area contributed by atoms with Crippen molar-refractivity contribution >= 4 is 46.1 Å². The zero-order chi connectivity index (χ0) is 23.3. The molecule has 3 rings (SSSR count). The average molecular weight is 475 g/mol. The van der Waals surface area contributed by atoms with Gasteiger partial charge in [0.05, 0.1) is 12.3 Å². The van der Waals surface area contributed by atoms with Gasteiger partial charge in [-0.05, 0) is 25.3 Å². The number of esters is 1. The van der Waals surface area contributed by atoms with Gasteiger partial charge in [-0.1, -0.05) is 67.3 Å². The second-order valence-electron chi connectivity index (χ2n) is 7.58. The first kappa shape index (κ1) is 23.7. The minimum atomic E-state index is -0.677. The van der Waals surface area contributed by atoms with E-state index in [1.165, 1.54) is 11.8 Å². The average Bonchev–Trinajstić information content (AvgIpc) is 3.32. The van der Waals surface area contributed by atoms with Crippen LogP contribution in [0.15, 0.2) is 35.5 Å². The Morgan fingerprint density at radius 2 is 1.94 bits per heavy atom. The number of aryl methyl sites for hydroxylation is 1. The highest BCUT2D eigenvalue weighted by Crippen LogP contribution is 2.28. The molecule has 170 valence electrons. The van der Waals surface area contributed by atoms with E-state index in [0.717, 1.165) is 16.9 Å². The summed E-state index contributed by atoms with van der Waals surface area (Å²) in [4.78, 5) is 29.8. The van der Waals surface area contributed by atoms with Crippen molar-refractivity contribution in [2.75, 3.05) is 17.7 Å². The van der Waals surface area contributed by atoms with Crippen LogP contribution < -0.4 is 11.1 Å². The second-order valence-corrected chi connectivity index (χ2v) is 9.52. The van der Waals surface area contributed by atoms with E-state index in [0.29, 0.717) is 33.2 Å². The number of benzene rings is 1. The highest BCUT2D eigenvalue weighted by atomic mass is 32.2. The Morgan fingerprint density at radius 1 is 1.22 bits per heavy atom. The Labute approximate surface area is 194 Å². The molecule has 0 aliphatic rings. The summed E-state index contributed by atoms with van der Waals surface area (Å²) in [6.45, 7) is 7.66. The minimum Gasteiger partial charge on any atom is -0.461 e. The van der Waals surface area contributed by atoms with Crippen molar-refractivity contribution in [3.8, 4) is 0 Å². The highest BCUT2D eigenvalue weighted by molar-refractivity contribution is 7.98. The Morgan fingerprint density at radius 3 is 2.62 bits per heavy atom. The first-order chi connectivity index (χ1) is 15.3. The molecule has 1 atom stereocenters. The lowest BCUT2D eigenvalue weighted by Gasteiger charge is -2.15. The van der Waals surface area contributed by atoms with Crippen molar-refractivity contribution in [2.45, 2.75) is 44.6 Å². The quantitative estimate of drug-likeness (QED) is 0.353. The molecule has 32 heavy (non-hydrogen) atoms. The molecule has 0 fully saturated rings. The van der Waals surface area contributed by atoms with Crippen LogP contribution in [0.4, 0.5) is 11.1 Å². The third-order valence-electron chi connectivity index (χ3n) is 4.43. The lowest BCUT2D eigenvalue weighted by Crippen LogP contribution is -2.25. The molecule has 3 N–H and O–H groups in total. The molecule has 1 amide bonds. The van der Waals surface area contributed by atoms with Crippen LogP contribution in [0.3, 0.4) is 0 Å². The fourth-order valence-electron chi connectivity index (χ4n) is 2.75. The molecule has 1 unspecified atom stereocenters. The van der Waals surface area contributed by atoms with Gasteiger partial charge >= 0.3 is 5.97 Å². The molecule has 0 saturated heterocycles. The minimum absolute atomic E-state index is 0.150. The van der Waals surface area contributed by atoms with Gasteiger partial charge in [0.25, 0.3) is 0 Å². The molecular weight excluding hydrogens is 448 g/mol. The SMILES string of the molecule is Cc1nc(NC(=O)C(C)n2c(N)nnc2SCc2ccccc2)sc1C(=O)OCC(C)C. The molecule has 0 aliphatic carbocycles. The predicted molar refractivity (Wildman–Crippen MR) is 126 cm³/mol. The van der Waals surface area contributed by atoms with Gasteiger partial charge in [-0.3, -0.25) is 9.36 Å². The summed E-state index contributed by atoms with van der Waals surface area (Å²) in [5.74, 6) is 0.270. The normalized spacial score (nSPS) is 12.0. The van der Waals surface area contributed by atoms with Crippen LogP contribution in [0, 0.1) is 12.8 Å². The van der Waals surface area contributed by atoms with Gasteiger partial charge in [0.15, 0.2) is 10.3 Å². The van der Waals surface area contributed by atoms with Crippen LogP contribution in [-0.4, -0.2) is 38.2 Å². The van der Waals surface area contributed by atoms with E-state index in [9.17, 15) is 9.59 Å². The summed E-state index contributed by atoms with van der Waals surface area (Å²) in [5, 5.41) is 11.7. The van der Waals surface area contributed by atoms with E-state index in [1.807, 2.05) is 44.2 Å². The Kier molecular flexibility index (Phi) is 7.86. The number of carbonyl (C=O) groups excluding carboxylic acids is 2. The predicted octanol–water partition coefficient (Wildman–Crippen LogP) is 3.93. The summed E-state index contributed by atoms with van der Waals surface area (Å²) >= 11 is 2.53. The lowest BCUT2D eigenvalue weighted by molar-refractivity contribution is -0.118. The fourth-order valence-corrected chi connectivity index (χ4v) is 4.59. The van der Waals surface area contributed by atoms with Crippen molar-refractivity contribution in [3.05, 3.63) is 46.5 Å². The van der Waals surface area contributed by atoms with Gasteiger partial charge in [0.1, 0.15) is 10.9 Å². The summed E-state index contributed by atoms with van der Waals surface area (Å²) in [6, 6.07) is 9.24. The van der Waals surface area contributed by atoms with Crippen LogP contribution in [0.25, 0.3) is 0 Å². The van der Waals surface area contributed by atoms with E-state index in [2.05, 4.69) is 20.5 Å². The van der Waals surface area contributed by atoms with Gasteiger partial charge in [0.2, 0.25) is 11.9 Å². The third kappa shape index (κ3) is 5.86. The maximum absolute atomic E-state index is 12.9. The monoisotopic (exact) mass is 474 g/mol. The van der Waals surface area contributed by atoms with Crippen molar-refractivity contribution < 1.29 is 14.3 Å². The van der Waals surface area contributed by atoms with E-state index in [-0.39, 0.29) is 17.8 Å². The number of amides is 1. The summed E-state index contributed by atoms with van der Waals surface area (Å²) in [5.41, 5.74) is 7.62. The van der Waals surface area contributed by atoms with E-state index >= 15 is 0 Å². The van der Waals surface area contributed by atoms with E-state index in [1.54, 1.807) is 18.4 Å². The zero-order valence-electron chi connectivity index (χ0n) is 18.4. The number of anilines is 2.